The summed E-state index contributed by atoms with van der Waals surface area (Å²) in [6, 6.07) is 4.58. The Hall–Kier alpha value is -1.69. The predicted octanol–water partition coefficient (Wildman–Crippen LogP) is 2.58. The van der Waals surface area contributed by atoms with Gasteiger partial charge in [-0.05, 0) is 18.2 Å². The summed E-state index contributed by atoms with van der Waals surface area (Å²) >= 11 is 1.46. The van der Waals surface area contributed by atoms with Gasteiger partial charge >= 0.3 is 5.97 Å². The highest BCUT2D eigenvalue weighted by Crippen LogP contribution is 2.32. The van der Waals surface area contributed by atoms with Gasteiger partial charge in [-0.1, -0.05) is 18.3 Å². The molecule has 0 radical (unpaired) electrons. The lowest BCUT2D eigenvalue weighted by Gasteiger charge is -2.38. The van der Waals surface area contributed by atoms with Crippen LogP contribution in [0.2, 0.25) is 0 Å². The molecule has 1 aliphatic heterocycles. The fraction of sp³-hybridized carbons (Fsp3) is 0.385. The van der Waals surface area contributed by atoms with Crippen molar-refractivity contribution >= 4 is 32.7 Å². The van der Waals surface area contributed by atoms with E-state index in [1.807, 2.05) is 4.90 Å². The van der Waals surface area contributed by atoms with Crippen molar-refractivity contribution < 1.29 is 13.9 Å². The smallest absolute Gasteiger partial charge is 0.305 e. The van der Waals surface area contributed by atoms with Crippen LogP contribution in [0.3, 0.4) is 0 Å². The maximum atomic E-state index is 13.1. The van der Waals surface area contributed by atoms with Gasteiger partial charge in [-0.15, -0.1) is 0 Å². The van der Waals surface area contributed by atoms with Crippen molar-refractivity contribution in [2.45, 2.75) is 19.4 Å². The zero-order valence-electron chi connectivity index (χ0n) is 10.4. The molecule has 0 spiro atoms. The highest BCUT2D eigenvalue weighted by atomic mass is 32.1. The molecule has 0 atom stereocenters. The quantitative estimate of drug-likeness (QED) is 0.810. The lowest BCUT2D eigenvalue weighted by Crippen LogP contribution is -2.53. The number of fused-ring (bicyclic) bond motifs is 1. The van der Waals surface area contributed by atoms with Crippen molar-refractivity contribution in [3.05, 3.63) is 24.0 Å². The van der Waals surface area contributed by atoms with E-state index >= 15 is 0 Å². The minimum absolute atomic E-state index is 0.0452. The first-order chi connectivity index (χ1) is 9.15. The highest BCUT2D eigenvalue weighted by molar-refractivity contribution is 7.22. The van der Waals surface area contributed by atoms with E-state index in [-0.39, 0.29) is 17.9 Å². The molecule has 1 aromatic carbocycles. The predicted molar refractivity (Wildman–Crippen MR) is 72.0 cm³/mol. The summed E-state index contributed by atoms with van der Waals surface area (Å²) in [6.45, 7) is 3.10. The second-order valence-corrected chi connectivity index (χ2v) is 5.49. The zero-order chi connectivity index (χ0) is 13.4. The summed E-state index contributed by atoms with van der Waals surface area (Å²) in [5.74, 6) is -0.419. The van der Waals surface area contributed by atoms with Crippen LogP contribution in [0, 0.1) is 5.82 Å². The Morgan fingerprint density at radius 3 is 3.11 bits per heavy atom. The molecule has 0 N–H and O–H groups in total. The molecule has 2 heterocycles. The third-order valence-corrected chi connectivity index (χ3v) is 4.12. The van der Waals surface area contributed by atoms with Crippen LogP contribution < -0.4 is 4.90 Å². The molecule has 1 aromatic heterocycles. The van der Waals surface area contributed by atoms with E-state index in [1.54, 1.807) is 13.0 Å². The monoisotopic (exact) mass is 280 g/mol. The van der Waals surface area contributed by atoms with Crippen LogP contribution >= 0.6 is 11.3 Å². The van der Waals surface area contributed by atoms with E-state index in [0.29, 0.717) is 19.5 Å². The van der Waals surface area contributed by atoms with Crippen molar-refractivity contribution in [2.24, 2.45) is 0 Å². The number of hydrogen-bond donors (Lipinski definition) is 0. The summed E-state index contributed by atoms with van der Waals surface area (Å²) in [6.07, 6.45) is 0.355. The lowest BCUT2D eigenvalue weighted by molar-refractivity contribution is -0.149. The summed E-state index contributed by atoms with van der Waals surface area (Å²) in [4.78, 5) is 17.6. The van der Waals surface area contributed by atoms with E-state index < -0.39 is 0 Å². The molecule has 0 bridgehead atoms. The van der Waals surface area contributed by atoms with E-state index in [9.17, 15) is 9.18 Å². The Bertz CT molecular complexity index is 622. The number of esters is 1. The van der Waals surface area contributed by atoms with E-state index in [2.05, 4.69) is 4.98 Å². The number of hydrogen-bond acceptors (Lipinski definition) is 5. The maximum absolute atomic E-state index is 13.1. The summed E-state index contributed by atoms with van der Waals surface area (Å²) in [5, 5.41) is 0.851. The summed E-state index contributed by atoms with van der Waals surface area (Å²) < 4.78 is 19.1. The Balaban J connectivity index is 1.68. The van der Waals surface area contributed by atoms with Crippen LogP contribution in [0.4, 0.5) is 9.52 Å². The van der Waals surface area contributed by atoms with Gasteiger partial charge in [0.1, 0.15) is 11.9 Å². The topological polar surface area (TPSA) is 42.4 Å². The first-order valence-corrected chi connectivity index (χ1v) is 6.98. The first-order valence-electron chi connectivity index (χ1n) is 6.16. The third kappa shape index (κ3) is 2.40. The fourth-order valence-corrected chi connectivity index (χ4v) is 2.97. The number of anilines is 1. The Morgan fingerprint density at radius 2 is 2.37 bits per heavy atom. The van der Waals surface area contributed by atoms with Gasteiger partial charge in [0.2, 0.25) is 0 Å². The Labute approximate surface area is 113 Å². The number of halogens is 1. The molecule has 0 unspecified atom stereocenters. The molecule has 19 heavy (non-hydrogen) atoms. The third-order valence-electron chi connectivity index (χ3n) is 3.04. The van der Waals surface area contributed by atoms with Gasteiger partial charge in [-0.2, -0.15) is 0 Å². The van der Waals surface area contributed by atoms with Crippen LogP contribution in [0.15, 0.2) is 18.2 Å². The van der Waals surface area contributed by atoms with Gasteiger partial charge in [-0.3, -0.25) is 4.79 Å². The number of benzene rings is 1. The van der Waals surface area contributed by atoms with Crippen molar-refractivity contribution in [1.82, 2.24) is 4.98 Å². The minimum Gasteiger partial charge on any atom is -0.459 e. The van der Waals surface area contributed by atoms with Crippen LogP contribution in [0.1, 0.15) is 13.3 Å². The molecule has 1 saturated heterocycles. The molecule has 6 heteroatoms. The van der Waals surface area contributed by atoms with Crippen molar-refractivity contribution in [1.29, 1.82) is 0 Å². The number of rotatable bonds is 3. The van der Waals surface area contributed by atoms with E-state index in [4.69, 9.17) is 4.74 Å². The Kier molecular flexibility index (Phi) is 3.10. The SMILES string of the molecule is CCC(=O)OC1CN(c2nc3ccc(F)cc3s2)C1. The molecule has 0 amide bonds. The number of ether oxygens (including phenoxy) is 1. The normalized spacial score (nSPS) is 15.6. The molecule has 1 aliphatic rings. The second kappa shape index (κ2) is 4.77. The van der Waals surface area contributed by atoms with Gasteiger partial charge in [0.15, 0.2) is 5.13 Å². The van der Waals surface area contributed by atoms with Crippen LogP contribution in [-0.2, 0) is 9.53 Å². The number of aromatic nitrogens is 1. The van der Waals surface area contributed by atoms with Gasteiger partial charge in [0.05, 0.1) is 23.3 Å². The number of carbonyl (C=O) groups excluding carboxylic acids is 1. The number of nitrogens with zero attached hydrogens (tertiary/aromatic N) is 2. The fourth-order valence-electron chi connectivity index (χ4n) is 1.96. The van der Waals surface area contributed by atoms with E-state index in [1.165, 1.54) is 23.5 Å². The lowest BCUT2D eigenvalue weighted by atomic mass is 10.2. The highest BCUT2D eigenvalue weighted by Gasteiger charge is 2.31. The summed E-state index contributed by atoms with van der Waals surface area (Å²) in [7, 11) is 0. The zero-order valence-corrected chi connectivity index (χ0v) is 11.2. The second-order valence-electron chi connectivity index (χ2n) is 4.48. The molecular formula is C13H13FN2O2S. The van der Waals surface area contributed by atoms with Crippen LogP contribution in [0.25, 0.3) is 10.2 Å². The molecule has 100 valence electrons. The molecular weight excluding hydrogens is 267 g/mol. The number of thiazole rings is 1. The average Bonchev–Trinajstić information content (AvgIpc) is 2.74. The standard InChI is InChI=1S/C13H13FN2O2S/c1-2-12(17)18-9-6-16(7-9)13-15-10-4-3-8(14)5-11(10)19-13/h3-5,9H,2,6-7H2,1H3. The van der Waals surface area contributed by atoms with Gasteiger partial charge in [-0.25, -0.2) is 9.37 Å². The molecule has 0 aliphatic carbocycles. The maximum Gasteiger partial charge on any atom is 0.305 e. The van der Waals surface area contributed by atoms with Crippen LogP contribution in [0.5, 0.6) is 0 Å². The molecule has 4 nitrogen and oxygen atoms in total. The van der Waals surface area contributed by atoms with Crippen molar-refractivity contribution in [3.8, 4) is 0 Å². The van der Waals surface area contributed by atoms with E-state index in [0.717, 1.165) is 15.3 Å². The first kappa shape index (κ1) is 12.3. The van der Waals surface area contributed by atoms with Crippen molar-refractivity contribution in [2.75, 3.05) is 18.0 Å². The molecule has 2 aromatic rings. The largest absolute Gasteiger partial charge is 0.459 e. The summed E-state index contributed by atoms with van der Waals surface area (Å²) in [5.41, 5.74) is 0.801. The van der Waals surface area contributed by atoms with Crippen LogP contribution in [-0.4, -0.2) is 30.1 Å². The van der Waals surface area contributed by atoms with Crippen molar-refractivity contribution in [3.63, 3.8) is 0 Å². The van der Waals surface area contributed by atoms with Gasteiger partial charge < -0.3 is 9.64 Å². The van der Waals surface area contributed by atoms with Gasteiger partial charge in [0, 0.05) is 6.42 Å². The average molecular weight is 280 g/mol. The number of carbonyl (C=O) groups is 1. The molecule has 1 fully saturated rings. The minimum atomic E-state index is -0.249. The van der Waals surface area contributed by atoms with Gasteiger partial charge in [0.25, 0.3) is 0 Å². The molecule has 0 saturated carbocycles. The molecule has 3 rings (SSSR count). The Morgan fingerprint density at radius 1 is 1.58 bits per heavy atom.